The van der Waals surface area contributed by atoms with Crippen LogP contribution in [0.5, 0.6) is 0 Å². The molecular weight excluding hydrogens is 138 g/mol. The lowest BCUT2D eigenvalue weighted by molar-refractivity contribution is -0.110. The van der Waals surface area contributed by atoms with Crippen LogP contribution in [0.1, 0.15) is 6.92 Å². The van der Waals surface area contributed by atoms with Crippen LogP contribution in [0.2, 0.25) is 0 Å². The molecule has 11 heavy (non-hydrogen) atoms. The van der Waals surface area contributed by atoms with Gasteiger partial charge in [-0.25, -0.2) is 0 Å². The maximum Gasteiger partial charge on any atom is 0.180 e. The summed E-state index contributed by atoms with van der Waals surface area (Å²) in [4.78, 5) is 10.9. The van der Waals surface area contributed by atoms with E-state index < -0.39 is 0 Å². The van der Waals surface area contributed by atoms with E-state index in [-0.39, 0.29) is 5.78 Å². The minimum Gasteiger partial charge on any atom is -0.364 e. The molecule has 0 saturated carbocycles. The second-order valence-corrected chi connectivity index (χ2v) is 2.87. The van der Waals surface area contributed by atoms with Crippen LogP contribution in [0.15, 0.2) is 35.7 Å². The van der Waals surface area contributed by atoms with E-state index in [9.17, 15) is 4.79 Å². The fraction of sp³-hybridized carbons (Fsp3) is 0.222. The van der Waals surface area contributed by atoms with E-state index in [4.69, 9.17) is 0 Å². The van der Waals surface area contributed by atoms with Gasteiger partial charge in [-0.15, -0.1) is 0 Å². The highest BCUT2D eigenvalue weighted by atomic mass is 16.1. The number of hydrogen-bond donors (Lipinski definition) is 1. The molecule has 0 fully saturated rings. The summed E-state index contributed by atoms with van der Waals surface area (Å²) in [7, 11) is 0. The summed E-state index contributed by atoms with van der Waals surface area (Å²) in [5.74, 6) is 0.402. The highest BCUT2D eigenvalue weighted by Gasteiger charge is 2.21. The zero-order chi connectivity index (χ0) is 7.84. The van der Waals surface area contributed by atoms with Gasteiger partial charge in [-0.2, -0.15) is 0 Å². The second-order valence-electron chi connectivity index (χ2n) is 2.87. The standard InChI is InChI=1S/C9H9NO/c1-6-5-10-9-4-7(11)2-3-8(6)9/h2-5,8,10H,1H3/t8-/m1/s1. The van der Waals surface area contributed by atoms with Gasteiger partial charge in [-0.1, -0.05) is 6.08 Å². The number of rotatable bonds is 0. The number of ketones is 1. The molecular formula is C9H9NO. The molecule has 0 spiro atoms. The molecule has 1 atom stereocenters. The number of carbonyl (C=O) groups excluding carboxylic acids is 1. The molecule has 2 nitrogen and oxygen atoms in total. The average molecular weight is 147 g/mol. The van der Waals surface area contributed by atoms with Crippen LogP contribution in [0.4, 0.5) is 0 Å². The van der Waals surface area contributed by atoms with E-state index in [2.05, 4.69) is 12.2 Å². The normalized spacial score (nSPS) is 27.4. The van der Waals surface area contributed by atoms with E-state index in [1.807, 2.05) is 12.3 Å². The Hall–Kier alpha value is -1.31. The van der Waals surface area contributed by atoms with Gasteiger partial charge in [-0.3, -0.25) is 4.79 Å². The van der Waals surface area contributed by atoms with E-state index in [1.165, 1.54) is 5.57 Å². The molecule has 0 aromatic heterocycles. The monoisotopic (exact) mass is 147 g/mol. The fourth-order valence-corrected chi connectivity index (χ4v) is 1.40. The van der Waals surface area contributed by atoms with Gasteiger partial charge in [0.1, 0.15) is 0 Å². The summed E-state index contributed by atoms with van der Waals surface area (Å²) in [5, 5.41) is 3.07. The Morgan fingerprint density at radius 2 is 2.36 bits per heavy atom. The molecule has 56 valence electrons. The summed E-state index contributed by atoms with van der Waals surface area (Å²) in [5.41, 5.74) is 2.27. The molecule has 2 heteroatoms. The minimum absolute atomic E-state index is 0.0758. The SMILES string of the molecule is CC1=CNC2=CC(=O)C=C[C@H]12. The Balaban J connectivity index is 2.36. The van der Waals surface area contributed by atoms with Gasteiger partial charge in [0.2, 0.25) is 0 Å². The lowest BCUT2D eigenvalue weighted by atomic mass is 9.95. The second kappa shape index (κ2) is 2.09. The lowest BCUT2D eigenvalue weighted by Crippen LogP contribution is -2.11. The number of hydrogen-bond acceptors (Lipinski definition) is 2. The van der Waals surface area contributed by atoms with E-state index in [0.717, 1.165) is 5.70 Å². The van der Waals surface area contributed by atoms with Crippen LogP contribution in [-0.4, -0.2) is 5.78 Å². The van der Waals surface area contributed by atoms with Crippen molar-refractivity contribution < 1.29 is 4.79 Å². The van der Waals surface area contributed by atoms with Crippen molar-refractivity contribution in [2.45, 2.75) is 6.92 Å². The summed E-state index contributed by atoms with van der Waals surface area (Å²) in [6, 6.07) is 0. The quantitative estimate of drug-likeness (QED) is 0.556. The molecule has 0 unspecified atom stereocenters. The van der Waals surface area contributed by atoms with Crippen LogP contribution in [0.25, 0.3) is 0 Å². The number of allylic oxidation sites excluding steroid dienone is 3. The summed E-state index contributed by atoms with van der Waals surface area (Å²) >= 11 is 0. The number of nitrogens with one attached hydrogen (secondary N) is 1. The van der Waals surface area contributed by atoms with Gasteiger partial charge in [0.15, 0.2) is 5.78 Å². The fourth-order valence-electron chi connectivity index (χ4n) is 1.40. The van der Waals surface area contributed by atoms with Crippen LogP contribution in [-0.2, 0) is 4.79 Å². The molecule has 0 amide bonds. The Morgan fingerprint density at radius 3 is 3.18 bits per heavy atom. The minimum atomic E-state index is 0.0758. The van der Waals surface area contributed by atoms with Crippen molar-refractivity contribution in [3.63, 3.8) is 0 Å². The third-order valence-electron chi connectivity index (χ3n) is 2.04. The van der Waals surface area contributed by atoms with Gasteiger partial charge in [0.05, 0.1) is 0 Å². The first kappa shape index (κ1) is 6.40. The van der Waals surface area contributed by atoms with Crippen molar-refractivity contribution in [2.24, 2.45) is 5.92 Å². The summed E-state index contributed by atoms with van der Waals surface area (Å²) < 4.78 is 0. The maximum absolute atomic E-state index is 10.9. The van der Waals surface area contributed by atoms with Gasteiger partial charge >= 0.3 is 0 Å². The van der Waals surface area contributed by atoms with Crippen LogP contribution in [0, 0.1) is 5.92 Å². The first-order valence-corrected chi connectivity index (χ1v) is 3.64. The van der Waals surface area contributed by atoms with Crippen molar-refractivity contribution >= 4 is 5.78 Å². The van der Waals surface area contributed by atoms with Crippen LogP contribution >= 0.6 is 0 Å². The van der Waals surface area contributed by atoms with Gasteiger partial charge in [-0.05, 0) is 18.6 Å². The topological polar surface area (TPSA) is 29.1 Å². The molecule has 0 aromatic carbocycles. The molecule has 1 heterocycles. The molecule has 0 saturated heterocycles. The third kappa shape index (κ3) is 0.909. The van der Waals surface area contributed by atoms with Gasteiger partial charge < -0.3 is 5.32 Å². The van der Waals surface area contributed by atoms with Crippen molar-refractivity contribution in [3.05, 3.63) is 35.7 Å². The summed E-state index contributed by atoms with van der Waals surface area (Å²) in [6.07, 6.45) is 7.15. The number of carbonyl (C=O) groups is 1. The Morgan fingerprint density at radius 1 is 1.55 bits per heavy atom. The Labute approximate surface area is 65.3 Å². The molecule has 0 bridgehead atoms. The average Bonchev–Trinajstić information content (AvgIpc) is 2.32. The van der Waals surface area contributed by atoms with E-state index >= 15 is 0 Å². The van der Waals surface area contributed by atoms with Crippen molar-refractivity contribution in [1.82, 2.24) is 5.32 Å². The highest BCUT2D eigenvalue weighted by Crippen LogP contribution is 2.27. The lowest BCUT2D eigenvalue weighted by Gasteiger charge is -2.11. The van der Waals surface area contributed by atoms with Gasteiger partial charge in [0, 0.05) is 23.9 Å². The Bertz CT molecular complexity index is 297. The molecule has 2 rings (SSSR count). The maximum atomic E-state index is 10.9. The predicted molar refractivity (Wildman–Crippen MR) is 42.6 cm³/mol. The molecule has 0 aromatic rings. The van der Waals surface area contributed by atoms with E-state index in [0.29, 0.717) is 5.92 Å². The molecule has 1 aliphatic heterocycles. The van der Waals surface area contributed by atoms with E-state index in [1.54, 1.807) is 12.2 Å². The number of fused-ring (bicyclic) bond motifs is 1. The van der Waals surface area contributed by atoms with Gasteiger partial charge in [0.25, 0.3) is 0 Å². The zero-order valence-corrected chi connectivity index (χ0v) is 6.29. The largest absolute Gasteiger partial charge is 0.364 e. The van der Waals surface area contributed by atoms with Crippen LogP contribution < -0.4 is 5.32 Å². The zero-order valence-electron chi connectivity index (χ0n) is 6.29. The summed E-state index contributed by atoms with van der Waals surface area (Å²) in [6.45, 7) is 2.05. The van der Waals surface area contributed by atoms with Crippen molar-refractivity contribution in [3.8, 4) is 0 Å². The first-order valence-electron chi connectivity index (χ1n) is 3.64. The molecule has 2 aliphatic rings. The molecule has 0 radical (unpaired) electrons. The molecule has 1 N–H and O–H groups in total. The van der Waals surface area contributed by atoms with Crippen molar-refractivity contribution in [2.75, 3.05) is 0 Å². The predicted octanol–water partition coefficient (Wildman–Crippen LogP) is 1.13. The smallest absolute Gasteiger partial charge is 0.180 e. The van der Waals surface area contributed by atoms with Crippen LogP contribution in [0.3, 0.4) is 0 Å². The highest BCUT2D eigenvalue weighted by molar-refractivity contribution is 6.01. The third-order valence-corrected chi connectivity index (χ3v) is 2.04. The Kier molecular flexibility index (Phi) is 1.22. The first-order chi connectivity index (χ1) is 5.27. The van der Waals surface area contributed by atoms with Crippen molar-refractivity contribution in [1.29, 1.82) is 0 Å². The molecule has 1 aliphatic carbocycles.